The summed E-state index contributed by atoms with van der Waals surface area (Å²) in [6.07, 6.45) is -9.31. The van der Waals surface area contributed by atoms with Gasteiger partial charge in [-0.25, -0.2) is 0 Å². The van der Waals surface area contributed by atoms with E-state index in [4.69, 9.17) is 23.7 Å². The van der Waals surface area contributed by atoms with Gasteiger partial charge >= 0.3 is 0 Å². The van der Waals surface area contributed by atoms with Gasteiger partial charge < -0.3 is 44.1 Å². The molecule has 0 saturated carbocycles. The molecule has 2 fully saturated rings. The van der Waals surface area contributed by atoms with Crippen molar-refractivity contribution in [1.29, 1.82) is 0 Å². The second-order valence-corrected chi connectivity index (χ2v) is 7.83. The summed E-state index contributed by atoms with van der Waals surface area (Å²) < 4.78 is 27.8. The van der Waals surface area contributed by atoms with Crippen molar-refractivity contribution in [2.75, 3.05) is 0 Å². The number of hydrogen-bond donors (Lipinski definition) is 4. The Labute approximate surface area is 169 Å². The monoisotopic (exact) mass is 418 g/mol. The molecule has 0 amide bonds. The molecule has 3 rings (SSSR count). The molecule has 0 spiro atoms. The Morgan fingerprint density at radius 1 is 0.759 bits per heavy atom. The molecule has 29 heavy (non-hydrogen) atoms. The molecular formula is C19H30O10. The minimum atomic E-state index is -1.45. The van der Waals surface area contributed by atoms with Gasteiger partial charge in [-0.1, -0.05) is 0 Å². The first kappa shape index (κ1) is 22.7. The fourth-order valence-corrected chi connectivity index (χ4v) is 3.68. The molecule has 0 aromatic heterocycles. The van der Waals surface area contributed by atoms with E-state index < -0.39 is 73.6 Å². The summed E-state index contributed by atoms with van der Waals surface area (Å²) >= 11 is 0. The Bertz CT molecular complexity index is 598. The van der Waals surface area contributed by atoms with Crippen molar-refractivity contribution in [2.45, 2.75) is 101 Å². The molecule has 0 aliphatic carbocycles. The quantitative estimate of drug-likeness (QED) is 0.431. The van der Waals surface area contributed by atoms with E-state index in [0.717, 1.165) is 0 Å². The molecular weight excluding hydrogens is 388 g/mol. The molecule has 12 atom stereocenters. The van der Waals surface area contributed by atoms with Crippen molar-refractivity contribution < 1.29 is 48.9 Å². The van der Waals surface area contributed by atoms with E-state index in [9.17, 15) is 25.2 Å². The van der Waals surface area contributed by atoms with E-state index in [1.165, 1.54) is 12.2 Å². The lowest BCUT2D eigenvalue weighted by Crippen LogP contribution is -2.63. The van der Waals surface area contributed by atoms with Gasteiger partial charge in [-0.3, -0.25) is 4.79 Å². The molecule has 10 nitrogen and oxygen atoms in total. The number of carbonyl (C=O) groups is 1. The van der Waals surface area contributed by atoms with E-state index in [1.54, 1.807) is 27.7 Å². The fraction of sp³-hybridized carbons (Fsp3) is 0.842. The molecule has 6 unspecified atom stereocenters. The van der Waals surface area contributed by atoms with Crippen LogP contribution in [0.15, 0.2) is 12.2 Å². The zero-order valence-electron chi connectivity index (χ0n) is 16.8. The van der Waals surface area contributed by atoms with Crippen LogP contribution in [0.2, 0.25) is 0 Å². The summed E-state index contributed by atoms with van der Waals surface area (Å²) in [6, 6.07) is 0. The van der Waals surface area contributed by atoms with Crippen LogP contribution in [-0.4, -0.2) is 99.8 Å². The molecule has 0 aromatic rings. The Morgan fingerprint density at radius 2 is 1.28 bits per heavy atom. The smallest absolute Gasteiger partial charge is 0.187 e. The summed E-state index contributed by atoms with van der Waals surface area (Å²) in [4.78, 5) is 11.5. The number of ether oxygens (including phenoxy) is 5. The lowest BCUT2D eigenvalue weighted by molar-refractivity contribution is -0.347. The summed E-state index contributed by atoms with van der Waals surface area (Å²) in [7, 11) is 0. The van der Waals surface area contributed by atoms with Gasteiger partial charge in [0.2, 0.25) is 0 Å². The van der Waals surface area contributed by atoms with Gasteiger partial charge in [0.1, 0.15) is 42.7 Å². The van der Waals surface area contributed by atoms with Crippen LogP contribution in [0.4, 0.5) is 0 Å². The van der Waals surface area contributed by atoms with Gasteiger partial charge in [0.15, 0.2) is 18.4 Å². The predicted molar refractivity (Wildman–Crippen MR) is 96.6 cm³/mol. The zero-order valence-corrected chi connectivity index (χ0v) is 16.8. The third-order valence-electron chi connectivity index (χ3n) is 5.59. The first-order valence-electron chi connectivity index (χ1n) is 9.81. The number of ketones is 1. The summed E-state index contributed by atoms with van der Waals surface area (Å²) in [6.45, 7) is 6.45. The standard InChI is InChI=1S/C19H30O10/c1-7-11(20)5-6-12(26-7)28-18-15(23)10(4)27-19(16(18)24)29-17-13(21)8(2)25-9(3)14(17)22/h5-10,12-19,21-24H,1-4H3/t7?,8?,9?,10?,12?,13-,14+,15-,16-,17-,18-,19?/m0/s1. The number of aliphatic hydroxyl groups excluding tert-OH is 4. The topological polar surface area (TPSA) is 144 Å². The number of aliphatic hydroxyl groups is 4. The highest BCUT2D eigenvalue weighted by Gasteiger charge is 2.49. The van der Waals surface area contributed by atoms with Crippen LogP contribution in [0.1, 0.15) is 27.7 Å². The van der Waals surface area contributed by atoms with Crippen molar-refractivity contribution >= 4 is 5.78 Å². The molecule has 3 aliphatic heterocycles. The Hall–Kier alpha value is -0.950. The van der Waals surface area contributed by atoms with Gasteiger partial charge in [0.25, 0.3) is 0 Å². The third kappa shape index (κ3) is 4.71. The van der Waals surface area contributed by atoms with Crippen molar-refractivity contribution in [3.8, 4) is 0 Å². The third-order valence-corrected chi connectivity index (χ3v) is 5.59. The average Bonchev–Trinajstić information content (AvgIpc) is 2.67. The highest BCUT2D eigenvalue weighted by atomic mass is 16.7. The van der Waals surface area contributed by atoms with Crippen molar-refractivity contribution in [3.63, 3.8) is 0 Å². The van der Waals surface area contributed by atoms with Crippen molar-refractivity contribution in [1.82, 2.24) is 0 Å². The van der Waals surface area contributed by atoms with Crippen molar-refractivity contribution in [3.05, 3.63) is 12.2 Å². The maximum Gasteiger partial charge on any atom is 0.187 e. The van der Waals surface area contributed by atoms with Gasteiger partial charge in [0, 0.05) is 0 Å². The van der Waals surface area contributed by atoms with Gasteiger partial charge in [-0.15, -0.1) is 0 Å². The average molecular weight is 418 g/mol. The first-order valence-corrected chi connectivity index (χ1v) is 9.81. The fourth-order valence-electron chi connectivity index (χ4n) is 3.68. The van der Waals surface area contributed by atoms with E-state index in [-0.39, 0.29) is 5.78 Å². The largest absolute Gasteiger partial charge is 0.388 e. The maximum atomic E-state index is 11.5. The van der Waals surface area contributed by atoms with Crippen LogP contribution in [0.3, 0.4) is 0 Å². The molecule has 3 aliphatic rings. The highest BCUT2D eigenvalue weighted by molar-refractivity contribution is 5.93. The van der Waals surface area contributed by atoms with Crippen LogP contribution in [0.25, 0.3) is 0 Å². The van der Waals surface area contributed by atoms with E-state index >= 15 is 0 Å². The second kappa shape index (κ2) is 9.04. The van der Waals surface area contributed by atoms with Crippen LogP contribution in [0, 0.1) is 0 Å². The molecule has 2 saturated heterocycles. The number of hydrogen-bond acceptors (Lipinski definition) is 10. The van der Waals surface area contributed by atoms with Crippen LogP contribution >= 0.6 is 0 Å². The van der Waals surface area contributed by atoms with Gasteiger partial charge in [-0.05, 0) is 39.8 Å². The lowest BCUT2D eigenvalue weighted by Gasteiger charge is -2.46. The molecule has 0 radical (unpaired) electrons. The second-order valence-electron chi connectivity index (χ2n) is 7.83. The molecule has 10 heteroatoms. The molecule has 0 bridgehead atoms. The molecule has 166 valence electrons. The van der Waals surface area contributed by atoms with Crippen LogP contribution in [0.5, 0.6) is 0 Å². The normalized spacial score (nSPS) is 51.2. The highest BCUT2D eigenvalue weighted by Crippen LogP contribution is 2.30. The minimum absolute atomic E-state index is 0.210. The summed E-state index contributed by atoms with van der Waals surface area (Å²) in [5.41, 5.74) is 0. The number of rotatable bonds is 4. The maximum absolute atomic E-state index is 11.5. The molecule has 0 aromatic carbocycles. The first-order chi connectivity index (χ1) is 13.6. The Kier molecular flexibility index (Phi) is 7.09. The SMILES string of the molecule is CC1OC(O[C@@H]2[C@H](O)C(O[C@@H]3[C@H](O)C(C)OC(C)[C@@H]3O)OC(C)[C@@H]2O)C=CC1=O. The van der Waals surface area contributed by atoms with Crippen LogP contribution in [-0.2, 0) is 28.5 Å². The van der Waals surface area contributed by atoms with Gasteiger partial charge in [-0.2, -0.15) is 0 Å². The Morgan fingerprint density at radius 3 is 1.83 bits per heavy atom. The van der Waals surface area contributed by atoms with E-state index in [0.29, 0.717) is 0 Å². The lowest BCUT2D eigenvalue weighted by atomic mass is 9.95. The van der Waals surface area contributed by atoms with Gasteiger partial charge in [0.05, 0.1) is 18.3 Å². The molecule has 4 N–H and O–H groups in total. The van der Waals surface area contributed by atoms with E-state index in [2.05, 4.69) is 0 Å². The van der Waals surface area contributed by atoms with Crippen LogP contribution < -0.4 is 0 Å². The van der Waals surface area contributed by atoms with Crippen molar-refractivity contribution in [2.24, 2.45) is 0 Å². The number of carbonyl (C=O) groups excluding carboxylic acids is 1. The molecule has 3 heterocycles. The predicted octanol–water partition coefficient (Wildman–Crippen LogP) is -1.38. The summed E-state index contributed by atoms with van der Waals surface area (Å²) in [5.74, 6) is -0.210. The summed E-state index contributed by atoms with van der Waals surface area (Å²) in [5, 5.41) is 41.9. The zero-order chi connectivity index (χ0) is 21.5. The van der Waals surface area contributed by atoms with E-state index in [1.807, 2.05) is 0 Å². The Balaban J connectivity index is 1.71. The minimum Gasteiger partial charge on any atom is -0.388 e.